The third-order valence-corrected chi connectivity index (χ3v) is 4.09. The van der Waals surface area contributed by atoms with Crippen LogP contribution in [0.5, 0.6) is 5.75 Å². The Morgan fingerprint density at radius 2 is 2.26 bits per heavy atom. The second kappa shape index (κ2) is 5.45. The molecule has 0 radical (unpaired) electrons. The minimum absolute atomic E-state index is 0.147. The first-order valence-electron chi connectivity index (χ1n) is 6.40. The molecule has 0 saturated heterocycles. The zero-order valence-electron chi connectivity index (χ0n) is 10.5. The number of hydrogen-bond acceptors (Lipinski definition) is 4. The molecule has 2 heterocycles. The number of thiophene rings is 1. The summed E-state index contributed by atoms with van der Waals surface area (Å²) in [6, 6.07) is 9.78. The number of nitrogens with one attached hydrogen (secondary N) is 1. The van der Waals surface area contributed by atoms with Gasteiger partial charge in [0.25, 0.3) is 0 Å². The fraction of sp³-hybridized carbons (Fsp3) is 0.267. The van der Waals surface area contributed by atoms with E-state index in [1.165, 1.54) is 4.88 Å². The van der Waals surface area contributed by atoms with Gasteiger partial charge in [0.2, 0.25) is 0 Å². The third-order valence-electron chi connectivity index (χ3n) is 3.16. The lowest BCUT2D eigenvalue weighted by atomic mass is 10.0. The van der Waals surface area contributed by atoms with E-state index in [2.05, 4.69) is 11.4 Å². The number of carbonyl (C=O) groups is 1. The van der Waals surface area contributed by atoms with E-state index in [0.29, 0.717) is 24.3 Å². The third kappa shape index (κ3) is 2.63. The van der Waals surface area contributed by atoms with Crippen LogP contribution in [0.25, 0.3) is 0 Å². The van der Waals surface area contributed by atoms with E-state index in [4.69, 9.17) is 4.74 Å². The van der Waals surface area contributed by atoms with E-state index in [0.717, 1.165) is 18.7 Å². The Morgan fingerprint density at radius 1 is 1.32 bits per heavy atom. The smallest absolute Gasteiger partial charge is 0.167 e. The zero-order chi connectivity index (χ0) is 13.1. The second-order valence-electron chi connectivity index (χ2n) is 4.46. The van der Waals surface area contributed by atoms with Crippen molar-refractivity contribution in [1.29, 1.82) is 0 Å². The van der Waals surface area contributed by atoms with Crippen molar-refractivity contribution in [2.45, 2.75) is 12.8 Å². The number of para-hydroxylation sites is 1. The summed E-state index contributed by atoms with van der Waals surface area (Å²) in [5.74, 6) is 0.860. The monoisotopic (exact) mass is 273 g/mol. The summed E-state index contributed by atoms with van der Waals surface area (Å²) in [6.45, 7) is 1.40. The van der Waals surface area contributed by atoms with Crippen LogP contribution in [0.1, 0.15) is 21.7 Å². The normalized spacial score (nSPS) is 13.3. The molecule has 0 atom stereocenters. The first-order valence-corrected chi connectivity index (χ1v) is 7.28. The highest BCUT2D eigenvalue weighted by Gasteiger charge is 2.18. The molecular weight excluding hydrogens is 258 g/mol. The molecule has 0 spiro atoms. The van der Waals surface area contributed by atoms with Crippen molar-refractivity contribution >= 4 is 22.8 Å². The van der Waals surface area contributed by atoms with Gasteiger partial charge in [0.05, 0.1) is 11.3 Å². The van der Waals surface area contributed by atoms with Gasteiger partial charge in [-0.3, -0.25) is 4.79 Å². The zero-order valence-corrected chi connectivity index (χ0v) is 11.3. The van der Waals surface area contributed by atoms with Gasteiger partial charge in [-0.25, -0.2) is 0 Å². The van der Waals surface area contributed by atoms with E-state index >= 15 is 0 Å². The standard InChI is InChI=1S/C15H15NO2S/c17-14(7-6-11-3-2-10-19-11)12-4-1-5-13-15(12)18-9-8-16-13/h1-5,10,16H,6-9H2. The maximum Gasteiger partial charge on any atom is 0.167 e. The lowest BCUT2D eigenvalue weighted by Crippen LogP contribution is -2.20. The number of Topliss-reactive ketones (excluding diaryl/α,β-unsaturated/α-hetero) is 1. The predicted octanol–water partition coefficient (Wildman–Crippen LogP) is 3.37. The number of aryl methyl sites for hydroxylation is 1. The van der Waals surface area contributed by atoms with Gasteiger partial charge in [-0.1, -0.05) is 12.1 Å². The van der Waals surface area contributed by atoms with Crippen LogP contribution >= 0.6 is 11.3 Å². The highest BCUT2D eigenvalue weighted by molar-refractivity contribution is 7.09. The van der Waals surface area contributed by atoms with Gasteiger partial charge >= 0.3 is 0 Å². The highest BCUT2D eigenvalue weighted by Crippen LogP contribution is 2.32. The fourth-order valence-corrected chi connectivity index (χ4v) is 2.93. The van der Waals surface area contributed by atoms with Gasteiger partial charge in [0.15, 0.2) is 11.5 Å². The first-order chi connectivity index (χ1) is 9.34. The van der Waals surface area contributed by atoms with Crippen molar-refractivity contribution in [3.63, 3.8) is 0 Å². The van der Waals surface area contributed by atoms with Crippen molar-refractivity contribution in [2.24, 2.45) is 0 Å². The Bertz CT molecular complexity index is 578. The molecular formula is C15H15NO2S. The van der Waals surface area contributed by atoms with Crippen LogP contribution in [0.4, 0.5) is 5.69 Å². The molecule has 0 bridgehead atoms. The van der Waals surface area contributed by atoms with Crippen molar-refractivity contribution < 1.29 is 9.53 Å². The summed E-state index contributed by atoms with van der Waals surface area (Å²) in [7, 11) is 0. The molecule has 0 saturated carbocycles. The molecule has 0 aliphatic carbocycles. The summed E-state index contributed by atoms with van der Waals surface area (Å²) in [5.41, 5.74) is 1.62. The number of ketones is 1. The molecule has 1 aromatic heterocycles. The maximum atomic E-state index is 12.3. The number of hydrogen-bond donors (Lipinski definition) is 1. The largest absolute Gasteiger partial charge is 0.489 e. The molecule has 0 amide bonds. The van der Waals surface area contributed by atoms with Gasteiger partial charge in [-0.15, -0.1) is 11.3 Å². The maximum absolute atomic E-state index is 12.3. The van der Waals surface area contributed by atoms with Crippen LogP contribution in [0.15, 0.2) is 35.7 Å². The number of ether oxygens (including phenoxy) is 1. The predicted molar refractivity (Wildman–Crippen MR) is 77.4 cm³/mol. The topological polar surface area (TPSA) is 38.3 Å². The van der Waals surface area contributed by atoms with Crippen molar-refractivity contribution in [1.82, 2.24) is 0 Å². The van der Waals surface area contributed by atoms with Crippen LogP contribution in [0.3, 0.4) is 0 Å². The number of anilines is 1. The van der Waals surface area contributed by atoms with Crippen LogP contribution < -0.4 is 10.1 Å². The molecule has 3 nitrogen and oxygen atoms in total. The van der Waals surface area contributed by atoms with E-state index in [1.54, 1.807) is 11.3 Å². The Morgan fingerprint density at radius 3 is 3.11 bits per heavy atom. The summed E-state index contributed by atoms with van der Waals surface area (Å²) < 4.78 is 5.63. The van der Waals surface area contributed by atoms with Gasteiger partial charge in [-0.2, -0.15) is 0 Å². The minimum Gasteiger partial charge on any atom is -0.489 e. The van der Waals surface area contributed by atoms with Crippen molar-refractivity contribution in [3.05, 3.63) is 46.2 Å². The van der Waals surface area contributed by atoms with Gasteiger partial charge in [0.1, 0.15) is 6.61 Å². The molecule has 1 N–H and O–H groups in total. The summed E-state index contributed by atoms with van der Waals surface area (Å²) >= 11 is 1.69. The first kappa shape index (κ1) is 12.2. The number of fused-ring (bicyclic) bond motifs is 1. The van der Waals surface area contributed by atoms with Crippen molar-refractivity contribution in [3.8, 4) is 5.75 Å². The van der Waals surface area contributed by atoms with Gasteiger partial charge in [0, 0.05) is 17.8 Å². The van der Waals surface area contributed by atoms with E-state index < -0.39 is 0 Å². The van der Waals surface area contributed by atoms with Gasteiger partial charge in [-0.05, 0) is 30.0 Å². The lowest BCUT2D eigenvalue weighted by molar-refractivity contribution is 0.0979. The molecule has 1 aromatic carbocycles. The number of rotatable bonds is 4. The summed E-state index contributed by atoms with van der Waals surface area (Å²) in [6.07, 6.45) is 1.33. The van der Waals surface area contributed by atoms with Crippen LogP contribution in [-0.4, -0.2) is 18.9 Å². The second-order valence-corrected chi connectivity index (χ2v) is 5.49. The Hall–Kier alpha value is -1.81. The van der Waals surface area contributed by atoms with Crippen molar-refractivity contribution in [2.75, 3.05) is 18.5 Å². The number of benzene rings is 1. The number of carbonyl (C=O) groups excluding carboxylic acids is 1. The van der Waals surface area contributed by atoms with E-state index in [9.17, 15) is 4.79 Å². The molecule has 1 aliphatic rings. The summed E-state index contributed by atoms with van der Waals surface area (Å²) in [5, 5.41) is 5.29. The lowest BCUT2D eigenvalue weighted by Gasteiger charge is -2.21. The van der Waals surface area contributed by atoms with Crippen LogP contribution in [-0.2, 0) is 6.42 Å². The molecule has 0 fully saturated rings. The van der Waals surface area contributed by atoms with E-state index in [1.807, 2.05) is 29.6 Å². The van der Waals surface area contributed by atoms with Crippen LogP contribution in [0.2, 0.25) is 0 Å². The Labute approximate surface area is 116 Å². The average Bonchev–Trinajstić information content (AvgIpc) is 2.97. The SMILES string of the molecule is O=C(CCc1cccs1)c1cccc2c1OCCN2. The summed E-state index contributed by atoms with van der Waals surface area (Å²) in [4.78, 5) is 13.6. The molecule has 4 heteroatoms. The minimum atomic E-state index is 0.147. The fourth-order valence-electron chi connectivity index (χ4n) is 2.22. The Balaban J connectivity index is 1.76. The average molecular weight is 273 g/mol. The van der Waals surface area contributed by atoms with E-state index in [-0.39, 0.29) is 5.78 Å². The molecule has 1 aliphatic heterocycles. The quantitative estimate of drug-likeness (QED) is 0.868. The van der Waals surface area contributed by atoms with Crippen LogP contribution in [0, 0.1) is 0 Å². The Kier molecular flexibility index (Phi) is 3.51. The molecule has 19 heavy (non-hydrogen) atoms. The van der Waals surface area contributed by atoms with Gasteiger partial charge < -0.3 is 10.1 Å². The molecule has 98 valence electrons. The highest BCUT2D eigenvalue weighted by atomic mass is 32.1. The molecule has 2 aromatic rings. The molecule has 0 unspecified atom stereocenters. The molecule has 3 rings (SSSR count).